The van der Waals surface area contributed by atoms with Gasteiger partial charge in [0.2, 0.25) is 10.0 Å². The monoisotopic (exact) mass is 478 g/mol. The number of halogens is 1. The highest BCUT2D eigenvalue weighted by Crippen LogP contribution is 2.29. The van der Waals surface area contributed by atoms with Crippen LogP contribution in [0.2, 0.25) is 5.02 Å². The van der Waals surface area contributed by atoms with Crippen LogP contribution in [0.5, 0.6) is 0 Å². The molecule has 172 valence electrons. The number of carbonyl (C=O) groups is 2. The maximum atomic E-state index is 13.1. The van der Waals surface area contributed by atoms with Gasteiger partial charge in [0.15, 0.2) is 6.61 Å². The Labute approximate surface area is 193 Å². The normalized spacial score (nSPS) is 17.1. The molecule has 0 spiro atoms. The minimum Gasteiger partial charge on any atom is -0.452 e. The molecule has 1 heterocycles. The quantitative estimate of drug-likeness (QED) is 0.629. The van der Waals surface area contributed by atoms with Crippen LogP contribution in [0.25, 0.3) is 0 Å². The molecule has 32 heavy (non-hydrogen) atoms. The second-order valence-electron chi connectivity index (χ2n) is 8.18. The molecule has 1 atom stereocenters. The Morgan fingerprint density at radius 3 is 2.59 bits per heavy atom. The van der Waals surface area contributed by atoms with Crippen molar-refractivity contribution in [1.29, 1.82) is 0 Å². The number of piperidine rings is 1. The Morgan fingerprint density at radius 2 is 1.91 bits per heavy atom. The number of ether oxygens (including phenoxy) is 1. The van der Waals surface area contributed by atoms with Crippen molar-refractivity contribution in [2.75, 3.05) is 25.0 Å². The van der Waals surface area contributed by atoms with Crippen LogP contribution < -0.4 is 5.32 Å². The van der Waals surface area contributed by atoms with E-state index < -0.39 is 28.5 Å². The molecule has 1 fully saturated rings. The van der Waals surface area contributed by atoms with Crippen LogP contribution in [0.4, 0.5) is 5.69 Å². The molecule has 1 saturated heterocycles. The number of aryl methyl sites for hydroxylation is 2. The Bertz CT molecular complexity index is 1130. The molecule has 0 aliphatic carbocycles. The molecule has 0 bridgehead atoms. The fourth-order valence-corrected chi connectivity index (χ4v) is 5.66. The third-order valence-electron chi connectivity index (χ3n) is 5.53. The number of sulfonamides is 1. The van der Waals surface area contributed by atoms with E-state index in [1.54, 1.807) is 6.07 Å². The Hall–Kier alpha value is -2.42. The standard InChI is InChI=1S/C23H27ClN2O5S/c1-15-5-4-10-26(13-15)32(29,30)21-12-18(7-9-20(21)24)23(28)31-14-22(27)25-19-8-6-16(2)17(3)11-19/h6-9,11-12,15H,4-5,10,13-14H2,1-3H3,(H,25,27). The largest absolute Gasteiger partial charge is 0.452 e. The summed E-state index contributed by atoms with van der Waals surface area (Å²) in [5.41, 5.74) is 2.74. The van der Waals surface area contributed by atoms with Gasteiger partial charge in [-0.05, 0) is 74.1 Å². The van der Waals surface area contributed by atoms with Crippen LogP contribution >= 0.6 is 11.6 Å². The van der Waals surface area contributed by atoms with E-state index in [1.165, 1.54) is 22.5 Å². The van der Waals surface area contributed by atoms with Gasteiger partial charge >= 0.3 is 5.97 Å². The average Bonchev–Trinajstić information content (AvgIpc) is 2.75. The summed E-state index contributed by atoms with van der Waals surface area (Å²) < 4.78 is 32.6. The van der Waals surface area contributed by atoms with Crippen molar-refractivity contribution in [2.45, 2.75) is 38.5 Å². The number of amides is 1. The molecule has 1 N–H and O–H groups in total. The van der Waals surface area contributed by atoms with Crippen LogP contribution in [0, 0.1) is 19.8 Å². The highest BCUT2D eigenvalue weighted by atomic mass is 35.5. The van der Waals surface area contributed by atoms with E-state index >= 15 is 0 Å². The number of nitrogens with one attached hydrogen (secondary N) is 1. The summed E-state index contributed by atoms with van der Waals surface area (Å²) in [7, 11) is -3.85. The van der Waals surface area contributed by atoms with E-state index in [0.29, 0.717) is 18.8 Å². The van der Waals surface area contributed by atoms with Gasteiger partial charge in [0, 0.05) is 18.8 Å². The van der Waals surface area contributed by atoms with Crippen molar-refractivity contribution < 1.29 is 22.7 Å². The second-order valence-corrected chi connectivity index (χ2v) is 10.5. The minimum atomic E-state index is -3.85. The molecule has 0 saturated carbocycles. The number of esters is 1. The van der Waals surface area contributed by atoms with E-state index in [-0.39, 0.29) is 21.4 Å². The van der Waals surface area contributed by atoms with Gasteiger partial charge in [-0.15, -0.1) is 0 Å². The van der Waals surface area contributed by atoms with E-state index in [1.807, 2.05) is 32.9 Å². The third kappa shape index (κ3) is 5.68. The summed E-state index contributed by atoms with van der Waals surface area (Å²) in [6, 6.07) is 9.42. The van der Waals surface area contributed by atoms with Gasteiger partial charge < -0.3 is 10.1 Å². The number of rotatable bonds is 6. The zero-order chi connectivity index (χ0) is 23.5. The summed E-state index contributed by atoms with van der Waals surface area (Å²) >= 11 is 6.16. The molecular weight excluding hydrogens is 452 g/mol. The van der Waals surface area contributed by atoms with Gasteiger partial charge in [-0.25, -0.2) is 13.2 Å². The summed E-state index contributed by atoms with van der Waals surface area (Å²) in [5, 5.41) is 2.70. The molecule has 1 amide bonds. The van der Waals surface area contributed by atoms with Crippen molar-refractivity contribution in [3.05, 3.63) is 58.1 Å². The maximum absolute atomic E-state index is 13.1. The first kappa shape index (κ1) is 24.2. The number of anilines is 1. The number of hydrogen-bond donors (Lipinski definition) is 1. The number of nitrogens with zero attached hydrogens (tertiary/aromatic N) is 1. The second kappa shape index (κ2) is 10.0. The smallest absolute Gasteiger partial charge is 0.338 e. The Morgan fingerprint density at radius 1 is 1.16 bits per heavy atom. The zero-order valence-corrected chi connectivity index (χ0v) is 19.9. The van der Waals surface area contributed by atoms with Crippen molar-refractivity contribution in [1.82, 2.24) is 4.31 Å². The van der Waals surface area contributed by atoms with Gasteiger partial charge in [0.05, 0.1) is 10.6 Å². The van der Waals surface area contributed by atoms with Gasteiger partial charge in [-0.3, -0.25) is 4.79 Å². The van der Waals surface area contributed by atoms with Crippen molar-refractivity contribution in [2.24, 2.45) is 5.92 Å². The van der Waals surface area contributed by atoms with E-state index in [9.17, 15) is 18.0 Å². The number of benzene rings is 2. The summed E-state index contributed by atoms with van der Waals surface area (Å²) in [6.45, 7) is 6.22. The molecule has 7 nitrogen and oxygen atoms in total. The lowest BCUT2D eigenvalue weighted by Gasteiger charge is -2.30. The molecule has 2 aromatic rings. The van der Waals surface area contributed by atoms with E-state index in [0.717, 1.165) is 24.0 Å². The van der Waals surface area contributed by atoms with Gasteiger partial charge in [0.1, 0.15) is 4.90 Å². The maximum Gasteiger partial charge on any atom is 0.338 e. The Kier molecular flexibility index (Phi) is 7.59. The Balaban J connectivity index is 1.68. The van der Waals surface area contributed by atoms with Crippen molar-refractivity contribution in [3.8, 4) is 0 Å². The molecule has 3 rings (SSSR count). The lowest BCUT2D eigenvalue weighted by atomic mass is 10.0. The summed E-state index contributed by atoms with van der Waals surface area (Å²) in [6.07, 6.45) is 1.74. The molecule has 0 radical (unpaired) electrons. The predicted molar refractivity (Wildman–Crippen MR) is 123 cm³/mol. The van der Waals surface area contributed by atoms with Gasteiger partial charge in [-0.2, -0.15) is 4.31 Å². The molecule has 1 unspecified atom stereocenters. The molecule has 9 heteroatoms. The lowest BCUT2D eigenvalue weighted by molar-refractivity contribution is -0.119. The predicted octanol–water partition coefficient (Wildman–Crippen LogP) is 4.17. The van der Waals surface area contributed by atoms with E-state index in [4.69, 9.17) is 16.3 Å². The number of hydrogen-bond acceptors (Lipinski definition) is 5. The molecule has 1 aliphatic heterocycles. The minimum absolute atomic E-state index is 0.0111. The first-order chi connectivity index (χ1) is 15.1. The van der Waals surface area contributed by atoms with Crippen LogP contribution in [0.15, 0.2) is 41.3 Å². The van der Waals surface area contributed by atoms with Crippen LogP contribution in [0.3, 0.4) is 0 Å². The molecular formula is C23H27ClN2O5S. The van der Waals surface area contributed by atoms with Crippen molar-refractivity contribution >= 4 is 39.2 Å². The topological polar surface area (TPSA) is 92.8 Å². The third-order valence-corrected chi connectivity index (χ3v) is 7.88. The number of carbonyl (C=O) groups excluding carboxylic acids is 2. The highest BCUT2D eigenvalue weighted by Gasteiger charge is 2.31. The highest BCUT2D eigenvalue weighted by molar-refractivity contribution is 7.89. The first-order valence-electron chi connectivity index (χ1n) is 10.4. The molecule has 1 aliphatic rings. The zero-order valence-electron chi connectivity index (χ0n) is 18.4. The lowest BCUT2D eigenvalue weighted by Crippen LogP contribution is -2.39. The SMILES string of the molecule is Cc1ccc(NC(=O)COC(=O)c2ccc(Cl)c(S(=O)(=O)N3CCCC(C)C3)c2)cc1C. The van der Waals surface area contributed by atoms with Crippen LogP contribution in [0.1, 0.15) is 41.3 Å². The average molecular weight is 479 g/mol. The summed E-state index contributed by atoms with van der Waals surface area (Å²) in [5.74, 6) is -1.05. The molecule has 0 aromatic heterocycles. The van der Waals surface area contributed by atoms with Gasteiger partial charge in [-0.1, -0.05) is 24.6 Å². The van der Waals surface area contributed by atoms with Crippen LogP contribution in [-0.4, -0.2) is 44.3 Å². The fourth-order valence-electron chi connectivity index (χ4n) is 3.56. The van der Waals surface area contributed by atoms with Crippen molar-refractivity contribution in [3.63, 3.8) is 0 Å². The van der Waals surface area contributed by atoms with E-state index in [2.05, 4.69) is 5.32 Å². The van der Waals surface area contributed by atoms with Gasteiger partial charge in [0.25, 0.3) is 5.91 Å². The first-order valence-corrected chi connectivity index (χ1v) is 12.2. The molecule has 2 aromatic carbocycles. The fraction of sp³-hybridized carbons (Fsp3) is 0.391. The van der Waals surface area contributed by atoms with Crippen LogP contribution in [-0.2, 0) is 19.6 Å². The summed E-state index contributed by atoms with van der Waals surface area (Å²) in [4.78, 5) is 24.5.